The number of hydrogen-bond donors (Lipinski definition) is 2. The molecule has 1 aromatic heterocycles. The van der Waals surface area contributed by atoms with Crippen molar-refractivity contribution in [3.63, 3.8) is 0 Å². The molecule has 0 unspecified atom stereocenters. The average molecular weight is 328 g/mol. The van der Waals surface area contributed by atoms with Gasteiger partial charge in [-0.3, -0.25) is 9.59 Å². The number of nitrogens with two attached hydrogens (primary N) is 1. The number of ether oxygens (including phenoxy) is 2. The summed E-state index contributed by atoms with van der Waals surface area (Å²) in [6.07, 6.45) is 0.133. The molecule has 22 heavy (non-hydrogen) atoms. The van der Waals surface area contributed by atoms with Gasteiger partial charge < -0.3 is 20.5 Å². The lowest BCUT2D eigenvalue weighted by atomic mass is 10.1. The normalized spacial score (nSPS) is 11.5. The molecule has 1 amide bonds. The maximum Gasteiger partial charge on any atom is 0.328 e. The Morgan fingerprint density at radius 1 is 1.27 bits per heavy atom. The standard InChI is InChI=1S/C14H20N2O5S/c1-3-20-12(17)6-5-10(14(19)21-4-2)16-13(18)11-7-9(15)8-22-11/h7-8,10H,3-6,15H2,1-2H3,(H,16,18)/t10-/m0/s1. The summed E-state index contributed by atoms with van der Waals surface area (Å²) in [6.45, 7) is 3.83. The third kappa shape index (κ3) is 5.72. The molecule has 1 aromatic rings. The number of amides is 1. The Kier molecular flexibility index (Phi) is 7.38. The maximum absolute atomic E-state index is 12.1. The monoisotopic (exact) mass is 328 g/mol. The number of hydrogen-bond acceptors (Lipinski definition) is 7. The van der Waals surface area contributed by atoms with E-state index in [0.29, 0.717) is 10.6 Å². The van der Waals surface area contributed by atoms with Crippen molar-refractivity contribution in [2.24, 2.45) is 0 Å². The largest absolute Gasteiger partial charge is 0.466 e. The molecule has 8 heteroatoms. The predicted molar refractivity (Wildman–Crippen MR) is 82.5 cm³/mol. The van der Waals surface area contributed by atoms with Crippen LogP contribution in [0.3, 0.4) is 0 Å². The molecule has 0 bridgehead atoms. The van der Waals surface area contributed by atoms with Crippen molar-refractivity contribution in [2.75, 3.05) is 18.9 Å². The zero-order valence-electron chi connectivity index (χ0n) is 12.6. The van der Waals surface area contributed by atoms with Gasteiger partial charge in [-0.2, -0.15) is 0 Å². The highest BCUT2D eigenvalue weighted by atomic mass is 32.1. The van der Waals surface area contributed by atoms with Gasteiger partial charge in [0, 0.05) is 17.5 Å². The molecule has 0 saturated heterocycles. The Morgan fingerprint density at radius 2 is 1.95 bits per heavy atom. The molecule has 0 aliphatic rings. The highest BCUT2D eigenvalue weighted by Crippen LogP contribution is 2.16. The Labute approximate surface area is 132 Å². The van der Waals surface area contributed by atoms with E-state index < -0.39 is 23.9 Å². The van der Waals surface area contributed by atoms with Gasteiger partial charge in [-0.25, -0.2) is 4.79 Å². The van der Waals surface area contributed by atoms with E-state index in [2.05, 4.69) is 5.32 Å². The van der Waals surface area contributed by atoms with Gasteiger partial charge in [0.2, 0.25) is 0 Å². The Bertz CT molecular complexity index is 529. The topological polar surface area (TPSA) is 108 Å². The third-order valence-corrected chi connectivity index (χ3v) is 3.61. The molecule has 0 saturated carbocycles. The van der Waals surface area contributed by atoms with Gasteiger partial charge in [-0.1, -0.05) is 0 Å². The summed E-state index contributed by atoms with van der Waals surface area (Å²) in [5.41, 5.74) is 6.04. The fraction of sp³-hybridized carbons (Fsp3) is 0.500. The Hall–Kier alpha value is -2.09. The lowest BCUT2D eigenvalue weighted by molar-refractivity contribution is -0.146. The van der Waals surface area contributed by atoms with Crippen LogP contribution in [0.15, 0.2) is 11.4 Å². The summed E-state index contributed by atoms with van der Waals surface area (Å²) in [5.74, 6) is -1.43. The van der Waals surface area contributed by atoms with Crippen molar-refractivity contribution < 1.29 is 23.9 Å². The zero-order chi connectivity index (χ0) is 16.5. The van der Waals surface area contributed by atoms with E-state index in [-0.39, 0.29) is 26.1 Å². The molecule has 0 spiro atoms. The van der Waals surface area contributed by atoms with Crippen molar-refractivity contribution in [1.82, 2.24) is 5.32 Å². The maximum atomic E-state index is 12.1. The van der Waals surface area contributed by atoms with Crippen molar-refractivity contribution in [2.45, 2.75) is 32.7 Å². The highest BCUT2D eigenvalue weighted by molar-refractivity contribution is 7.12. The minimum atomic E-state index is -0.903. The molecule has 1 heterocycles. The molecule has 0 radical (unpaired) electrons. The number of nitrogens with one attached hydrogen (secondary N) is 1. The number of thiophene rings is 1. The second-order valence-electron chi connectivity index (χ2n) is 4.37. The minimum absolute atomic E-state index is 0.0180. The average Bonchev–Trinajstić information content (AvgIpc) is 2.90. The van der Waals surface area contributed by atoms with Gasteiger partial charge in [0.05, 0.1) is 18.1 Å². The van der Waals surface area contributed by atoms with Gasteiger partial charge in [-0.05, 0) is 26.3 Å². The Morgan fingerprint density at radius 3 is 2.50 bits per heavy atom. The quantitative estimate of drug-likeness (QED) is 0.697. The first kappa shape index (κ1) is 18.0. The molecule has 0 fully saturated rings. The van der Waals surface area contributed by atoms with Crippen LogP contribution in [0, 0.1) is 0 Å². The van der Waals surface area contributed by atoms with Gasteiger partial charge in [0.15, 0.2) is 0 Å². The first-order valence-corrected chi connectivity index (χ1v) is 7.83. The minimum Gasteiger partial charge on any atom is -0.466 e. The lowest BCUT2D eigenvalue weighted by Gasteiger charge is -2.16. The first-order valence-electron chi connectivity index (χ1n) is 6.95. The fourth-order valence-corrected chi connectivity index (χ4v) is 2.39. The second kappa shape index (κ2) is 9.04. The Balaban J connectivity index is 2.66. The van der Waals surface area contributed by atoms with Crippen LogP contribution < -0.4 is 11.1 Å². The summed E-state index contributed by atoms with van der Waals surface area (Å²) < 4.78 is 9.72. The van der Waals surface area contributed by atoms with Gasteiger partial charge in [-0.15, -0.1) is 11.3 Å². The fourth-order valence-electron chi connectivity index (χ4n) is 1.69. The molecule has 3 N–H and O–H groups in total. The van der Waals surface area contributed by atoms with E-state index in [9.17, 15) is 14.4 Å². The van der Waals surface area contributed by atoms with E-state index in [0.717, 1.165) is 0 Å². The van der Waals surface area contributed by atoms with Gasteiger partial charge >= 0.3 is 11.9 Å². The number of carbonyl (C=O) groups excluding carboxylic acids is 3. The molecule has 1 atom stereocenters. The van der Waals surface area contributed by atoms with E-state index in [4.69, 9.17) is 15.2 Å². The van der Waals surface area contributed by atoms with E-state index in [1.807, 2.05) is 0 Å². The number of anilines is 1. The van der Waals surface area contributed by atoms with Crippen LogP contribution >= 0.6 is 11.3 Å². The van der Waals surface area contributed by atoms with Crippen LogP contribution in [0.25, 0.3) is 0 Å². The van der Waals surface area contributed by atoms with E-state index in [1.54, 1.807) is 19.2 Å². The van der Waals surface area contributed by atoms with E-state index >= 15 is 0 Å². The lowest BCUT2D eigenvalue weighted by Crippen LogP contribution is -2.42. The summed E-state index contributed by atoms with van der Waals surface area (Å²) in [7, 11) is 0. The van der Waals surface area contributed by atoms with Crippen LogP contribution in [0.4, 0.5) is 5.69 Å². The summed E-state index contributed by atoms with van der Waals surface area (Å²) in [5, 5.41) is 4.19. The van der Waals surface area contributed by atoms with Crippen LogP contribution in [0.5, 0.6) is 0 Å². The first-order chi connectivity index (χ1) is 10.5. The van der Waals surface area contributed by atoms with Crippen molar-refractivity contribution in [3.8, 4) is 0 Å². The molecule has 122 valence electrons. The van der Waals surface area contributed by atoms with Crippen LogP contribution in [0.1, 0.15) is 36.4 Å². The summed E-state index contributed by atoms with van der Waals surface area (Å²) in [6, 6.07) is 0.619. The molecule has 1 rings (SSSR count). The second-order valence-corrected chi connectivity index (χ2v) is 5.28. The molecule has 7 nitrogen and oxygen atoms in total. The van der Waals surface area contributed by atoms with Gasteiger partial charge in [0.25, 0.3) is 5.91 Å². The predicted octanol–water partition coefficient (Wildman–Crippen LogP) is 1.34. The zero-order valence-corrected chi connectivity index (χ0v) is 13.4. The summed E-state index contributed by atoms with van der Waals surface area (Å²) in [4.78, 5) is 35.7. The summed E-state index contributed by atoms with van der Waals surface area (Å²) >= 11 is 1.18. The van der Waals surface area contributed by atoms with Crippen molar-refractivity contribution in [1.29, 1.82) is 0 Å². The van der Waals surface area contributed by atoms with Gasteiger partial charge in [0.1, 0.15) is 6.04 Å². The third-order valence-electron chi connectivity index (χ3n) is 2.66. The number of nitrogen functional groups attached to an aromatic ring is 1. The van der Waals surface area contributed by atoms with E-state index in [1.165, 1.54) is 17.4 Å². The van der Waals surface area contributed by atoms with Crippen molar-refractivity contribution in [3.05, 3.63) is 16.3 Å². The van der Waals surface area contributed by atoms with Crippen LogP contribution in [-0.2, 0) is 19.1 Å². The SMILES string of the molecule is CCOC(=O)CC[C@H](NC(=O)c1cc(N)cs1)C(=O)OCC. The van der Waals surface area contributed by atoms with Crippen molar-refractivity contribution >= 4 is 34.9 Å². The molecular formula is C14H20N2O5S. The number of esters is 2. The molecule has 0 aliphatic heterocycles. The van der Waals surface area contributed by atoms with Crippen LogP contribution in [-0.4, -0.2) is 37.1 Å². The molecular weight excluding hydrogens is 308 g/mol. The highest BCUT2D eigenvalue weighted by Gasteiger charge is 2.24. The number of carbonyl (C=O) groups is 3. The number of rotatable bonds is 8. The smallest absolute Gasteiger partial charge is 0.328 e. The van der Waals surface area contributed by atoms with Crippen LogP contribution in [0.2, 0.25) is 0 Å². The molecule has 0 aliphatic carbocycles. The molecule has 0 aromatic carbocycles.